The van der Waals surface area contributed by atoms with E-state index >= 15 is 0 Å². The average molecular weight is 564 g/mol. The van der Waals surface area contributed by atoms with Gasteiger partial charge < -0.3 is 20.7 Å². The van der Waals surface area contributed by atoms with Crippen molar-refractivity contribution < 1.29 is 9.53 Å². The van der Waals surface area contributed by atoms with Gasteiger partial charge in [-0.15, -0.1) is 24.0 Å². The van der Waals surface area contributed by atoms with Crippen LogP contribution in [0.5, 0.6) is 0 Å². The number of carbonyl (C=O) groups is 1. The highest BCUT2D eigenvalue weighted by Gasteiger charge is 2.38. The van der Waals surface area contributed by atoms with E-state index in [2.05, 4.69) is 25.8 Å². The Bertz CT molecular complexity index is 722. The van der Waals surface area contributed by atoms with Crippen molar-refractivity contribution in [2.24, 2.45) is 4.99 Å². The number of guanidine groups is 1. The highest BCUT2D eigenvalue weighted by Crippen LogP contribution is 2.33. The van der Waals surface area contributed by atoms with Gasteiger partial charge in [0.05, 0.1) is 23.8 Å². The van der Waals surface area contributed by atoms with Crippen LogP contribution in [0.4, 0.5) is 0 Å². The third-order valence-electron chi connectivity index (χ3n) is 6.10. The SMILES string of the molecule is CN=C(NCCNC(=O)c1ccccc1Cl)NCC1(N2CCOCC2)CCCCC1.I. The second kappa shape index (κ2) is 13.4. The highest BCUT2D eigenvalue weighted by molar-refractivity contribution is 14.0. The fraction of sp³-hybridized carbons (Fsp3) is 0.636. The molecular weight excluding hydrogens is 529 g/mol. The number of morpholine rings is 1. The Labute approximate surface area is 207 Å². The maximum Gasteiger partial charge on any atom is 0.252 e. The molecule has 0 bridgehead atoms. The summed E-state index contributed by atoms with van der Waals surface area (Å²) in [5, 5.41) is 10.2. The Morgan fingerprint density at radius 1 is 1.10 bits per heavy atom. The van der Waals surface area contributed by atoms with Crippen molar-refractivity contribution in [1.82, 2.24) is 20.9 Å². The number of nitrogens with one attached hydrogen (secondary N) is 3. The second-order valence-electron chi connectivity index (χ2n) is 7.97. The Hall–Kier alpha value is -1.10. The molecule has 2 fully saturated rings. The minimum Gasteiger partial charge on any atom is -0.379 e. The van der Waals surface area contributed by atoms with E-state index in [-0.39, 0.29) is 35.4 Å². The lowest BCUT2D eigenvalue weighted by molar-refractivity contribution is -0.0352. The summed E-state index contributed by atoms with van der Waals surface area (Å²) < 4.78 is 5.57. The monoisotopic (exact) mass is 563 g/mol. The number of hydrogen-bond acceptors (Lipinski definition) is 4. The molecule has 1 amide bonds. The largest absolute Gasteiger partial charge is 0.379 e. The van der Waals surface area contributed by atoms with Gasteiger partial charge in [-0.25, -0.2) is 0 Å². The molecule has 7 nitrogen and oxygen atoms in total. The van der Waals surface area contributed by atoms with Crippen molar-refractivity contribution >= 4 is 47.4 Å². The molecule has 2 aliphatic rings. The highest BCUT2D eigenvalue weighted by atomic mass is 127. The minimum atomic E-state index is -0.168. The Balaban J connectivity index is 0.00000341. The van der Waals surface area contributed by atoms with E-state index in [1.54, 1.807) is 25.2 Å². The maximum atomic E-state index is 12.2. The first-order valence-corrected chi connectivity index (χ1v) is 11.3. The van der Waals surface area contributed by atoms with Crippen molar-refractivity contribution in [3.63, 3.8) is 0 Å². The molecule has 3 rings (SSSR count). The number of ether oxygens (including phenoxy) is 1. The molecule has 0 aromatic heterocycles. The first-order valence-electron chi connectivity index (χ1n) is 10.9. The van der Waals surface area contributed by atoms with E-state index in [4.69, 9.17) is 16.3 Å². The molecule has 1 aliphatic heterocycles. The molecule has 174 valence electrons. The van der Waals surface area contributed by atoms with Crippen molar-refractivity contribution in [3.8, 4) is 0 Å². The van der Waals surface area contributed by atoms with Gasteiger partial charge in [-0.3, -0.25) is 14.7 Å². The molecule has 9 heteroatoms. The number of aliphatic imine (C=N–C) groups is 1. The first kappa shape index (κ1) is 26.2. The van der Waals surface area contributed by atoms with Gasteiger partial charge in [0, 0.05) is 45.3 Å². The van der Waals surface area contributed by atoms with Crippen LogP contribution in [0.25, 0.3) is 0 Å². The topological polar surface area (TPSA) is 78.0 Å². The van der Waals surface area contributed by atoms with Gasteiger partial charge in [-0.1, -0.05) is 43.0 Å². The van der Waals surface area contributed by atoms with Crippen LogP contribution >= 0.6 is 35.6 Å². The summed E-state index contributed by atoms with van der Waals surface area (Å²) in [6, 6.07) is 7.06. The van der Waals surface area contributed by atoms with E-state index in [1.807, 2.05) is 6.07 Å². The molecule has 1 heterocycles. The minimum absolute atomic E-state index is 0. The molecule has 0 atom stereocenters. The quantitative estimate of drug-likeness (QED) is 0.206. The summed E-state index contributed by atoms with van der Waals surface area (Å²) in [4.78, 5) is 19.2. The van der Waals surface area contributed by atoms with Crippen molar-refractivity contribution in [2.75, 3.05) is 53.0 Å². The lowest BCUT2D eigenvalue weighted by atomic mass is 9.80. The van der Waals surface area contributed by atoms with Crippen LogP contribution in [0.1, 0.15) is 42.5 Å². The molecule has 1 aromatic carbocycles. The van der Waals surface area contributed by atoms with Crippen LogP contribution in [0, 0.1) is 0 Å². The molecule has 0 spiro atoms. The van der Waals surface area contributed by atoms with Gasteiger partial charge in [0.25, 0.3) is 5.91 Å². The predicted octanol–water partition coefficient (Wildman–Crippen LogP) is 2.89. The lowest BCUT2D eigenvalue weighted by Crippen LogP contribution is -2.60. The molecule has 1 aromatic rings. The number of rotatable bonds is 7. The number of nitrogens with zero attached hydrogens (tertiary/aromatic N) is 2. The molecular formula is C22H35ClIN5O2. The third-order valence-corrected chi connectivity index (χ3v) is 6.43. The summed E-state index contributed by atoms with van der Waals surface area (Å²) >= 11 is 6.08. The average Bonchev–Trinajstić information content (AvgIpc) is 2.80. The van der Waals surface area contributed by atoms with Crippen molar-refractivity contribution in [3.05, 3.63) is 34.9 Å². The molecule has 1 aliphatic carbocycles. The van der Waals surface area contributed by atoms with Crippen LogP contribution in [0.3, 0.4) is 0 Å². The standard InChI is InChI=1S/C22H34ClN5O2.HI/c1-24-21(26-12-11-25-20(29)18-7-3-4-8-19(18)23)27-17-22(9-5-2-6-10-22)28-13-15-30-16-14-28;/h3-4,7-8H,2,5-6,9-17H2,1H3,(H,25,29)(H2,24,26,27);1H. The number of halogens is 2. The lowest BCUT2D eigenvalue weighted by Gasteiger charge is -2.48. The maximum absolute atomic E-state index is 12.2. The molecule has 31 heavy (non-hydrogen) atoms. The van der Waals surface area contributed by atoms with Crippen molar-refractivity contribution in [2.45, 2.75) is 37.6 Å². The number of hydrogen-bond donors (Lipinski definition) is 3. The Kier molecular flexibility index (Phi) is 11.3. The zero-order valence-electron chi connectivity index (χ0n) is 18.3. The molecule has 1 saturated heterocycles. The number of benzene rings is 1. The molecule has 0 unspecified atom stereocenters. The Morgan fingerprint density at radius 3 is 2.45 bits per heavy atom. The van der Waals surface area contributed by atoms with E-state index in [0.29, 0.717) is 23.7 Å². The summed E-state index contributed by atoms with van der Waals surface area (Å²) in [6.07, 6.45) is 6.30. The van der Waals surface area contributed by atoms with Gasteiger partial charge in [0.15, 0.2) is 5.96 Å². The smallest absolute Gasteiger partial charge is 0.252 e. The van der Waals surface area contributed by atoms with Gasteiger partial charge in [0.2, 0.25) is 0 Å². The molecule has 1 saturated carbocycles. The first-order chi connectivity index (χ1) is 14.6. The van der Waals surface area contributed by atoms with E-state index in [9.17, 15) is 4.79 Å². The summed E-state index contributed by atoms with van der Waals surface area (Å²) in [5.41, 5.74) is 0.671. The summed E-state index contributed by atoms with van der Waals surface area (Å²) in [7, 11) is 1.78. The zero-order chi connectivity index (χ0) is 21.2. The third kappa shape index (κ3) is 7.47. The fourth-order valence-electron chi connectivity index (χ4n) is 4.42. The van der Waals surface area contributed by atoms with Gasteiger partial charge in [0.1, 0.15) is 0 Å². The predicted molar refractivity (Wildman–Crippen MR) is 137 cm³/mol. The Morgan fingerprint density at radius 2 is 1.77 bits per heavy atom. The van der Waals surface area contributed by atoms with E-state index < -0.39 is 0 Å². The van der Waals surface area contributed by atoms with Gasteiger partial charge >= 0.3 is 0 Å². The number of carbonyl (C=O) groups excluding carboxylic acids is 1. The van der Waals surface area contributed by atoms with E-state index in [0.717, 1.165) is 38.8 Å². The van der Waals surface area contributed by atoms with Gasteiger partial charge in [-0.2, -0.15) is 0 Å². The van der Waals surface area contributed by atoms with Gasteiger partial charge in [-0.05, 0) is 25.0 Å². The molecule has 0 radical (unpaired) electrons. The van der Waals surface area contributed by atoms with Crippen molar-refractivity contribution in [1.29, 1.82) is 0 Å². The normalized spacial score (nSPS) is 19.2. The number of amides is 1. The zero-order valence-corrected chi connectivity index (χ0v) is 21.4. The van der Waals surface area contributed by atoms with Crippen LogP contribution in [-0.4, -0.2) is 75.3 Å². The van der Waals surface area contributed by atoms with Crippen LogP contribution in [0.15, 0.2) is 29.3 Å². The fourth-order valence-corrected chi connectivity index (χ4v) is 4.64. The van der Waals surface area contributed by atoms with Crippen LogP contribution in [0.2, 0.25) is 5.02 Å². The van der Waals surface area contributed by atoms with Crippen LogP contribution < -0.4 is 16.0 Å². The van der Waals surface area contributed by atoms with E-state index in [1.165, 1.54) is 32.1 Å². The summed E-state index contributed by atoms with van der Waals surface area (Å²) in [5.74, 6) is 0.596. The van der Waals surface area contributed by atoms with Crippen LogP contribution in [-0.2, 0) is 4.74 Å². The summed E-state index contributed by atoms with van der Waals surface area (Å²) in [6.45, 7) is 5.59. The molecule has 3 N–H and O–H groups in total. The second-order valence-corrected chi connectivity index (χ2v) is 8.38.